The molecule has 7 heteroatoms. The Morgan fingerprint density at radius 1 is 1.55 bits per heavy atom. The fourth-order valence-corrected chi connectivity index (χ4v) is 2.42. The summed E-state index contributed by atoms with van der Waals surface area (Å²) in [7, 11) is 1.64. The minimum Gasteiger partial charge on any atom is -0.382 e. The van der Waals surface area contributed by atoms with E-state index >= 15 is 0 Å². The van der Waals surface area contributed by atoms with Crippen LogP contribution >= 0.6 is 0 Å². The summed E-state index contributed by atoms with van der Waals surface area (Å²) >= 11 is 0. The standard InChI is InChI=1S/C13H19N3O4/c1-9-6-15(7-11(20-9)8-19-3)13-5-4-12(16(17)18)10(2)14-13/h4-5,9,11H,6-8H2,1-3H3. The summed E-state index contributed by atoms with van der Waals surface area (Å²) in [5.41, 5.74) is 0.471. The molecule has 0 radical (unpaired) electrons. The molecule has 20 heavy (non-hydrogen) atoms. The van der Waals surface area contributed by atoms with Crippen LogP contribution in [-0.2, 0) is 9.47 Å². The summed E-state index contributed by atoms with van der Waals surface area (Å²) in [6.07, 6.45) is 0.0576. The molecule has 0 saturated carbocycles. The molecule has 0 aromatic carbocycles. The molecule has 1 aromatic heterocycles. The third-order valence-electron chi connectivity index (χ3n) is 3.24. The molecular formula is C13H19N3O4. The largest absolute Gasteiger partial charge is 0.382 e. The van der Waals surface area contributed by atoms with Gasteiger partial charge in [0.2, 0.25) is 0 Å². The maximum absolute atomic E-state index is 10.8. The van der Waals surface area contributed by atoms with Gasteiger partial charge in [-0.05, 0) is 19.9 Å². The number of hydrogen-bond donors (Lipinski definition) is 0. The molecule has 2 unspecified atom stereocenters. The van der Waals surface area contributed by atoms with Crippen molar-refractivity contribution < 1.29 is 14.4 Å². The zero-order chi connectivity index (χ0) is 14.7. The van der Waals surface area contributed by atoms with Gasteiger partial charge in [0.25, 0.3) is 5.69 Å². The number of aromatic nitrogens is 1. The summed E-state index contributed by atoms with van der Waals surface area (Å²) in [5, 5.41) is 10.8. The van der Waals surface area contributed by atoms with Gasteiger partial charge < -0.3 is 14.4 Å². The summed E-state index contributed by atoms with van der Waals surface area (Å²) in [4.78, 5) is 16.8. The van der Waals surface area contributed by atoms with Crippen LogP contribution in [0.15, 0.2) is 12.1 Å². The van der Waals surface area contributed by atoms with Crippen LogP contribution in [0.4, 0.5) is 11.5 Å². The Balaban J connectivity index is 2.18. The highest BCUT2D eigenvalue weighted by Gasteiger charge is 2.26. The average Bonchev–Trinajstić information content (AvgIpc) is 2.37. The van der Waals surface area contributed by atoms with E-state index in [2.05, 4.69) is 9.88 Å². The number of methoxy groups -OCH3 is 1. The maximum Gasteiger partial charge on any atom is 0.290 e. The first kappa shape index (κ1) is 14.7. The zero-order valence-electron chi connectivity index (χ0n) is 11.9. The van der Waals surface area contributed by atoms with Gasteiger partial charge in [-0.1, -0.05) is 0 Å². The Morgan fingerprint density at radius 3 is 2.90 bits per heavy atom. The lowest BCUT2D eigenvalue weighted by Gasteiger charge is -2.37. The minimum absolute atomic E-state index is 0.0129. The quantitative estimate of drug-likeness (QED) is 0.615. The number of anilines is 1. The average molecular weight is 281 g/mol. The third-order valence-corrected chi connectivity index (χ3v) is 3.24. The molecule has 0 amide bonds. The number of nitro groups is 1. The first-order chi connectivity index (χ1) is 9.51. The Bertz CT molecular complexity index is 495. The predicted molar refractivity (Wildman–Crippen MR) is 74.1 cm³/mol. The Kier molecular flexibility index (Phi) is 4.51. The third kappa shape index (κ3) is 3.23. The maximum atomic E-state index is 10.8. The number of morpholine rings is 1. The lowest BCUT2D eigenvalue weighted by molar-refractivity contribution is -0.385. The summed E-state index contributed by atoms with van der Waals surface area (Å²) in [5.74, 6) is 0.740. The fraction of sp³-hybridized carbons (Fsp3) is 0.615. The molecule has 1 aliphatic rings. The highest BCUT2D eigenvalue weighted by Crippen LogP contribution is 2.23. The first-order valence-electron chi connectivity index (χ1n) is 6.52. The molecule has 0 spiro atoms. The van der Waals surface area contributed by atoms with Gasteiger partial charge in [-0.25, -0.2) is 4.98 Å². The van der Waals surface area contributed by atoms with Gasteiger partial charge >= 0.3 is 0 Å². The SMILES string of the molecule is COCC1CN(c2ccc([N+](=O)[O-])c(C)n2)CC(C)O1. The Morgan fingerprint density at radius 2 is 2.30 bits per heavy atom. The molecule has 0 N–H and O–H groups in total. The minimum atomic E-state index is -0.415. The molecule has 0 aliphatic carbocycles. The normalized spacial score (nSPS) is 22.9. The second-order valence-corrected chi connectivity index (χ2v) is 4.96. The van der Waals surface area contributed by atoms with Crippen molar-refractivity contribution in [1.29, 1.82) is 0 Å². The van der Waals surface area contributed by atoms with Crippen molar-refractivity contribution in [1.82, 2.24) is 4.98 Å². The molecule has 1 saturated heterocycles. The van der Waals surface area contributed by atoms with Gasteiger partial charge in [0.15, 0.2) is 0 Å². The second kappa shape index (κ2) is 6.15. The zero-order valence-corrected chi connectivity index (χ0v) is 11.9. The van der Waals surface area contributed by atoms with Crippen molar-refractivity contribution in [2.75, 3.05) is 31.7 Å². The Hall–Kier alpha value is -1.73. The van der Waals surface area contributed by atoms with Crippen molar-refractivity contribution in [3.05, 3.63) is 27.9 Å². The molecule has 2 heterocycles. The first-order valence-corrected chi connectivity index (χ1v) is 6.52. The topological polar surface area (TPSA) is 77.7 Å². The van der Waals surface area contributed by atoms with E-state index in [0.29, 0.717) is 25.4 Å². The summed E-state index contributed by atoms with van der Waals surface area (Å²) < 4.78 is 10.9. The van der Waals surface area contributed by atoms with Crippen molar-refractivity contribution in [3.63, 3.8) is 0 Å². The van der Waals surface area contributed by atoms with E-state index < -0.39 is 4.92 Å². The fourth-order valence-electron chi connectivity index (χ4n) is 2.42. The summed E-state index contributed by atoms with van der Waals surface area (Å²) in [6, 6.07) is 3.19. The van der Waals surface area contributed by atoms with Crippen LogP contribution < -0.4 is 4.90 Å². The molecule has 0 bridgehead atoms. The Labute approximate surface area is 117 Å². The number of nitrogens with zero attached hydrogens (tertiary/aromatic N) is 3. The van der Waals surface area contributed by atoms with E-state index in [1.165, 1.54) is 6.07 Å². The van der Waals surface area contributed by atoms with Crippen molar-refractivity contribution in [2.45, 2.75) is 26.1 Å². The molecule has 1 aromatic rings. The van der Waals surface area contributed by atoms with Gasteiger partial charge in [-0.15, -0.1) is 0 Å². The molecule has 1 fully saturated rings. The molecular weight excluding hydrogens is 262 g/mol. The highest BCUT2D eigenvalue weighted by atomic mass is 16.6. The van der Waals surface area contributed by atoms with E-state index in [4.69, 9.17) is 9.47 Å². The van der Waals surface area contributed by atoms with Crippen molar-refractivity contribution in [2.24, 2.45) is 0 Å². The lowest BCUT2D eigenvalue weighted by atomic mass is 10.2. The molecule has 1 aliphatic heterocycles. The molecule has 2 atom stereocenters. The van der Waals surface area contributed by atoms with E-state index in [9.17, 15) is 10.1 Å². The van der Waals surface area contributed by atoms with Crippen LogP contribution in [0.1, 0.15) is 12.6 Å². The van der Waals surface area contributed by atoms with Crippen molar-refractivity contribution >= 4 is 11.5 Å². The number of rotatable bonds is 4. The molecule has 110 valence electrons. The monoisotopic (exact) mass is 281 g/mol. The predicted octanol–water partition coefficient (Wildman–Crippen LogP) is 1.54. The molecule has 2 rings (SSSR count). The van der Waals surface area contributed by atoms with Crippen LogP contribution in [0.25, 0.3) is 0 Å². The highest BCUT2D eigenvalue weighted by molar-refractivity contribution is 5.47. The molecule has 7 nitrogen and oxygen atoms in total. The summed E-state index contributed by atoms with van der Waals surface area (Å²) in [6.45, 7) is 5.55. The van der Waals surface area contributed by atoms with Gasteiger partial charge in [0.1, 0.15) is 11.5 Å². The van der Waals surface area contributed by atoms with Crippen LogP contribution in [0.5, 0.6) is 0 Å². The smallest absolute Gasteiger partial charge is 0.290 e. The van der Waals surface area contributed by atoms with Crippen LogP contribution in [-0.4, -0.2) is 48.9 Å². The number of aryl methyl sites for hydroxylation is 1. The van der Waals surface area contributed by atoms with Gasteiger partial charge in [-0.3, -0.25) is 10.1 Å². The number of hydrogen-bond acceptors (Lipinski definition) is 6. The van der Waals surface area contributed by atoms with Gasteiger partial charge in [0, 0.05) is 26.3 Å². The van der Waals surface area contributed by atoms with Crippen LogP contribution in [0, 0.1) is 17.0 Å². The lowest BCUT2D eigenvalue weighted by Crippen LogP contribution is -2.48. The van der Waals surface area contributed by atoms with E-state index in [1.54, 1.807) is 20.1 Å². The van der Waals surface area contributed by atoms with Crippen molar-refractivity contribution in [3.8, 4) is 0 Å². The van der Waals surface area contributed by atoms with Crippen LogP contribution in [0.3, 0.4) is 0 Å². The van der Waals surface area contributed by atoms with Gasteiger partial charge in [-0.2, -0.15) is 0 Å². The van der Waals surface area contributed by atoms with E-state index in [0.717, 1.165) is 5.82 Å². The number of ether oxygens (including phenoxy) is 2. The van der Waals surface area contributed by atoms with E-state index in [1.807, 2.05) is 6.92 Å². The van der Waals surface area contributed by atoms with E-state index in [-0.39, 0.29) is 17.9 Å². The van der Waals surface area contributed by atoms with Crippen LogP contribution in [0.2, 0.25) is 0 Å². The van der Waals surface area contributed by atoms with Gasteiger partial charge in [0.05, 0.1) is 23.7 Å². The number of pyridine rings is 1. The second-order valence-electron chi connectivity index (χ2n) is 4.96.